The highest BCUT2D eigenvalue weighted by Gasteiger charge is 2.44. The molecule has 2 aliphatic rings. The second-order valence-electron chi connectivity index (χ2n) is 7.91. The van der Waals surface area contributed by atoms with Gasteiger partial charge in [0.25, 0.3) is 11.7 Å². The minimum atomic E-state index is -0.0627. The molecule has 2 aliphatic carbocycles. The Bertz CT molecular complexity index is 786. The van der Waals surface area contributed by atoms with Crippen molar-refractivity contribution in [3.8, 4) is 0 Å². The Hall–Kier alpha value is -2.02. The van der Waals surface area contributed by atoms with E-state index in [2.05, 4.69) is 34.2 Å². The van der Waals surface area contributed by atoms with Crippen molar-refractivity contribution in [3.63, 3.8) is 0 Å². The molecule has 134 valence electrons. The van der Waals surface area contributed by atoms with Crippen LogP contribution >= 0.6 is 0 Å². The van der Waals surface area contributed by atoms with Crippen molar-refractivity contribution < 1.29 is 4.79 Å². The lowest BCUT2D eigenvalue weighted by molar-refractivity contribution is 0.0712. The number of hydrogen-bond acceptors (Lipinski definition) is 5. The zero-order valence-corrected chi connectivity index (χ0v) is 15.4. The normalized spacial score (nSPS) is 28.7. The predicted molar refractivity (Wildman–Crippen MR) is 94.3 cm³/mol. The number of aryl methyl sites for hydroxylation is 1. The molecule has 0 radical (unpaired) electrons. The third-order valence-corrected chi connectivity index (χ3v) is 6.17. The van der Waals surface area contributed by atoms with Gasteiger partial charge in [0.2, 0.25) is 5.82 Å². The fourth-order valence-electron chi connectivity index (χ4n) is 4.63. The Morgan fingerprint density at radius 1 is 1.08 bits per heavy atom. The molecule has 4 rings (SSSR count). The van der Waals surface area contributed by atoms with Gasteiger partial charge in [-0.3, -0.25) is 9.20 Å². The van der Waals surface area contributed by atoms with E-state index < -0.39 is 0 Å². The Balaban J connectivity index is 1.48. The van der Waals surface area contributed by atoms with Crippen molar-refractivity contribution in [3.05, 3.63) is 23.8 Å². The lowest BCUT2D eigenvalue weighted by Crippen LogP contribution is -2.37. The van der Waals surface area contributed by atoms with E-state index in [-0.39, 0.29) is 5.91 Å². The van der Waals surface area contributed by atoms with Gasteiger partial charge in [0.05, 0.1) is 0 Å². The van der Waals surface area contributed by atoms with E-state index in [4.69, 9.17) is 0 Å². The summed E-state index contributed by atoms with van der Waals surface area (Å²) >= 11 is 0. The SMILES string of the molecule is Cc1ccn2c(C(=O)N(C)C3C[C@H]4CC(N(C)C)C[C@H]4C3)nnc2n1. The van der Waals surface area contributed by atoms with Gasteiger partial charge in [-0.2, -0.15) is 0 Å². The zero-order valence-electron chi connectivity index (χ0n) is 15.4. The maximum Gasteiger partial charge on any atom is 0.292 e. The number of hydrogen-bond donors (Lipinski definition) is 0. The molecular weight excluding hydrogens is 316 g/mol. The van der Waals surface area contributed by atoms with E-state index in [9.17, 15) is 4.79 Å². The van der Waals surface area contributed by atoms with Crippen molar-refractivity contribution in [1.29, 1.82) is 0 Å². The first kappa shape index (κ1) is 16.4. The Labute approximate surface area is 148 Å². The molecule has 0 aliphatic heterocycles. The lowest BCUT2D eigenvalue weighted by Gasteiger charge is -2.26. The molecule has 2 saturated carbocycles. The monoisotopic (exact) mass is 342 g/mol. The molecule has 2 unspecified atom stereocenters. The molecule has 4 atom stereocenters. The summed E-state index contributed by atoms with van der Waals surface area (Å²) in [5.74, 6) is 2.26. The van der Waals surface area contributed by atoms with Gasteiger partial charge in [-0.05, 0) is 64.6 Å². The third-order valence-electron chi connectivity index (χ3n) is 6.17. The van der Waals surface area contributed by atoms with E-state index in [1.165, 1.54) is 12.8 Å². The van der Waals surface area contributed by atoms with E-state index in [1.54, 1.807) is 4.40 Å². The van der Waals surface area contributed by atoms with Crippen LogP contribution in [0.4, 0.5) is 0 Å². The fourth-order valence-corrected chi connectivity index (χ4v) is 4.63. The van der Waals surface area contributed by atoms with E-state index in [1.807, 2.05) is 31.1 Å². The molecule has 0 aromatic carbocycles. The topological polar surface area (TPSA) is 66.6 Å². The second-order valence-corrected chi connectivity index (χ2v) is 7.91. The van der Waals surface area contributed by atoms with Gasteiger partial charge in [0.1, 0.15) is 0 Å². The highest BCUT2D eigenvalue weighted by Crippen LogP contribution is 2.46. The van der Waals surface area contributed by atoms with Crippen LogP contribution in [0.3, 0.4) is 0 Å². The largest absolute Gasteiger partial charge is 0.336 e. The summed E-state index contributed by atoms with van der Waals surface area (Å²) in [6, 6.07) is 2.87. The highest BCUT2D eigenvalue weighted by atomic mass is 16.2. The summed E-state index contributed by atoms with van der Waals surface area (Å²) in [4.78, 5) is 21.5. The van der Waals surface area contributed by atoms with Gasteiger partial charge in [0.15, 0.2) is 0 Å². The molecule has 0 spiro atoms. The van der Waals surface area contributed by atoms with Gasteiger partial charge in [0, 0.05) is 31.0 Å². The van der Waals surface area contributed by atoms with Crippen molar-refractivity contribution >= 4 is 11.7 Å². The molecule has 0 saturated heterocycles. The standard InChI is InChI=1S/C18H26N6O/c1-11-5-6-24-16(20-21-18(24)19-11)17(25)23(4)15-9-12-7-14(22(2)3)8-13(12)10-15/h5-6,12-15H,7-10H2,1-4H3/t12-,13+,14?,15?. The number of fused-ring (bicyclic) bond motifs is 2. The summed E-state index contributed by atoms with van der Waals surface area (Å²) in [7, 11) is 6.25. The van der Waals surface area contributed by atoms with E-state index in [0.29, 0.717) is 23.7 Å². The van der Waals surface area contributed by atoms with Crippen LogP contribution in [0.15, 0.2) is 12.3 Å². The van der Waals surface area contributed by atoms with Crippen LogP contribution in [0.1, 0.15) is 42.0 Å². The van der Waals surface area contributed by atoms with E-state index >= 15 is 0 Å². The van der Waals surface area contributed by atoms with Crippen molar-refractivity contribution in [1.82, 2.24) is 29.4 Å². The maximum absolute atomic E-state index is 13.0. The molecule has 7 heteroatoms. The number of carbonyl (C=O) groups is 1. The fraction of sp³-hybridized carbons (Fsp3) is 0.667. The van der Waals surface area contributed by atoms with Crippen LogP contribution in [0, 0.1) is 18.8 Å². The average Bonchev–Trinajstić information content (AvgIpc) is 3.25. The first-order chi connectivity index (χ1) is 11.9. The molecule has 2 aromatic heterocycles. The molecular formula is C18H26N6O. The zero-order chi connectivity index (χ0) is 17.7. The molecule has 2 aromatic rings. The summed E-state index contributed by atoms with van der Waals surface area (Å²) in [6.45, 7) is 1.90. The van der Waals surface area contributed by atoms with Gasteiger partial charge in [-0.25, -0.2) is 4.98 Å². The number of carbonyl (C=O) groups excluding carboxylic acids is 1. The number of nitrogens with zero attached hydrogens (tertiary/aromatic N) is 6. The summed E-state index contributed by atoms with van der Waals surface area (Å²) < 4.78 is 1.68. The molecule has 1 amide bonds. The molecule has 25 heavy (non-hydrogen) atoms. The van der Waals surface area contributed by atoms with Crippen molar-refractivity contribution in [2.75, 3.05) is 21.1 Å². The molecule has 0 N–H and O–H groups in total. The van der Waals surface area contributed by atoms with Gasteiger partial charge in [-0.1, -0.05) is 0 Å². The summed E-state index contributed by atoms with van der Waals surface area (Å²) in [5, 5.41) is 8.13. The highest BCUT2D eigenvalue weighted by molar-refractivity contribution is 5.91. The maximum atomic E-state index is 13.0. The predicted octanol–water partition coefficient (Wildman–Crippen LogP) is 1.62. The minimum absolute atomic E-state index is 0.0627. The first-order valence-electron chi connectivity index (χ1n) is 9.06. The Morgan fingerprint density at radius 2 is 1.72 bits per heavy atom. The molecule has 7 nitrogen and oxygen atoms in total. The van der Waals surface area contributed by atoms with Crippen LogP contribution in [0.25, 0.3) is 5.78 Å². The number of aromatic nitrogens is 4. The number of rotatable bonds is 3. The van der Waals surface area contributed by atoms with Crippen molar-refractivity contribution in [2.24, 2.45) is 11.8 Å². The average molecular weight is 342 g/mol. The lowest BCUT2D eigenvalue weighted by atomic mass is 10.0. The molecule has 2 heterocycles. The second kappa shape index (κ2) is 6.05. The van der Waals surface area contributed by atoms with Crippen LogP contribution in [0.2, 0.25) is 0 Å². The van der Waals surface area contributed by atoms with Gasteiger partial charge < -0.3 is 9.80 Å². The van der Waals surface area contributed by atoms with Crippen LogP contribution in [0.5, 0.6) is 0 Å². The van der Waals surface area contributed by atoms with Gasteiger partial charge in [-0.15, -0.1) is 10.2 Å². The minimum Gasteiger partial charge on any atom is -0.336 e. The van der Waals surface area contributed by atoms with Crippen LogP contribution in [-0.2, 0) is 0 Å². The van der Waals surface area contributed by atoms with Crippen LogP contribution < -0.4 is 0 Å². The van der Waals surface area contributed by atoms with Crippen molar-refractivity contribution in [2.45, 2.75) is 44.7 Å². The summed E-state index contributed by atoms with van der Waals surface area (Å²) in [5.41, 5.74) is 0.867. The Kier molecular flexibility index (Phi) is 3.98. The molecule has 2 fully saturated rings. The van der Waals surface area contributed by atoms with Gasteiger partial charge >= 0.3 is 0 Å². The van der Waals surface area contributed by atoms with Crippen LogP contribution in [-0.4, -0.2) is 68.5 Å². The first-order valence-corrected chi connectivity index (χ1v) is 9.06. The quantitative estimate of drug-likeness (QED) is 0.848. The van der Waals surface area contributed by atoms with E-state index in [0.717, 1.165) is 30.4 Å². The summed E-state index contributed by atoms with van der Waals surface area (Å²) in [6.07, 6.45) is 6.54. The smallest absolute Gasteiger partial charge is 0.292 e. The molecule has 0 bridgehead atoms. The third kappa shape index (κ3) is 2.80. The number of amides is 1. The Morgan fingerprint density at radius 3 is 2.36 bits per heavy atom.